The number of hydrogen-bond acceptors (Lipinski definition) is 2. The van der Waals surface area contributed by atoms with E-state index >= 15 is 0 Å². The van der Waals surface area contributed by atoms with Gasteiger partial charge in [-0.05, 0) is 18.3 Å². The van der Waals surface area contributed by atoms with Gasteiger partial charge in [-0.1, -0.05) is 46.6 Å². The minimum absolute atomic E-state index is 0.00661. The Kier molecular flexibility index (Phi) is 6.46. The van der Waals surface area contributed by atoms with Crippen molar-refractivity contribution >= 4 is 5.91 Å². The maximum Gasteiger partial charge on any atom is 0.244 e. The molecular weight excluding hydrogens is 214 g/mol. The van der Waals surface area contributed by atoms with Gasteiger partial charge in [0.15, 0.2) is 0 Å². The molecule has 100 valence electrons. The molecule has 3 nitrogen and oxygen atoms in total. The average Bonchev–Trinajstić information content (AvgIpc) is 2.23. The zero-order valence-electron chi connectivity index (χ0n) is 12.0. The van der Waals surface area contributed by atoms with Gasteiger partial charge >= 0.3 is 0 Å². The minimum atomic E-state index is -0.465. The van der Waals surface area contributed by atoms with E-state index < -0.39 is 6.10 Å². The molecule has 0 bridgehead atoms. The number of allylic oxidation sites excluding steroid dienone is 1. The lowest BCUT2D eigenvalue weighted by Gasteiger charge is -2.20. The van der Waals surface area contributed by atoms with Crippen molar-refractivity contribution in [3.63, 3.8) is 0 Å². The summed E-state index contributed by atoms with van der Waals surface area (Å²) in [5, 5.41) is 12.5. The van der Waals surface area contributed by atoms with Gasteiger partial charge in [0.2, 0.25) is 5.91 Å². The fourth-order valence-corrected chi connectivity index (χ4v) is 1.14. The van der Waals surface area contributed by atoms with Crippen molar-refractivity contribution in [2.24, 2.45) is 11.3 Å². The molecule has 0 radical (unpaired) electrons. The van der Waals surface area contributed by atoms with E-state index in [1.807, 2.05) is 20.8 Å². The van der Waals surface area contributed by atoms with Gasteiger partial charge in [0.05, 0.1) is 6.10 Å². The molecule has 3 heteroatoms. The third-order valence-electron chi connectivity index (χ3n) is 3.32. The molecule has 0 aromatic rings. The van der Waals surface area contributed by atoms with Crippen molar-refractivity contribution in [3.05, 3.63) is 11.6 Å². The van der Waals surface area contributed by atoms with Crippen LogP contribution in [0.3, 0.4) is 0 Å². The molecular formula is C14H27NO2. The van der Waals surface area contributed by atoms with Crippen LogP contribution in [-0.4, -0.2) is 23.7 Å². The number of aliphatic hydroxyl groups excluding tert-OH is 1. The fourth-order valence-electron chi connectivity index (χ4n) is 1.14. The Morgan fingerprint density at radius 2 is 1.94 bits per heavy atom. The molecule has 0 heterocycles. The molecule has 0 saturated carbocycles. The van der Waals surface area contributed by atoms with Gasteiger partial charge in [0.25, 0.3) is 0 Å². The lowest BCUT2D eigenvalue weighted by molar-refractivity contribution is -0.117. The van der Waals surface area contributed by atoms with Crippen LogP contribution in [0, 0.1) is 11.3 Å². The number of hydrogen-bond donors (Lipinski definition) is 2. The van der Waals surface area contributed by atoms with Crippen molar-refractivity contribution in [3.8, 4) is 0 Å². The summed E-state index contributed by atoms with van der Waals surface area (Å²) >= 11 is 0. The van der Waals surface area contributed by atoms with Crippen LogP contribution in [0.25, 0.3) is 0 Å². The monoisotopic (exact) mass is 241 g/mol. The first kappa shape index (κ1) is 16.2. The van der Waals surface area contributed by atoms with Crippen molar-refractivity contribution < 1.29 is 9.90 Å². The molecule has 1 amide bonds. The molecule has 0 aromatic heterocycles. The van der Waals surface area contributed by atoms with E-state index in [9.17, 15) is 9.90 Å². The van der Waals surface area contributed by atoms with Gasteiger partial charge in [-0.3, -0.25) is 4.79 Å². The Bertz CT molecular complexity index is 276. The summed E-state index contributed by atoms with van der Waals surface area (Å²) in [7, 11) is 0. The van der Waals surface area contributed by atoms with E-state index in [-0.39, 0.29) is 17.2 Å². The first-order valence-corrected chi connectivity index (χ1v) is 6.33. The van der Waals surface area contributed by atoms with Crippen molar-refractivity contribution in [1.29, 1.82) is 0 Å². The molecule has 17 heavy (non-hydrogen) atoms. The number of aliphatic hydroxyl groups is 1. The number of carbonyl (C=O) groups is 1. The highest BCUT2D eigenvalue weighted by Gasteiger charge is 2.15. The predicted molar refractivity (Wildman–Crippen MR) is 71.7 cm³/mol. The maximum absolute atomic E-state index is 11.6. The Hall–Kier alpha value is -0.830. The summed E-state index contributed by atoms with van der Waals surface area (Å²) in [6.07, 6.45) is 2.06. The van der Waals surface area contributed by atoms with Crippen LogP contribution in [0.1, 0.15) is 48.0 Å². The largest absolute Gasteiger partial charge is 0.391 e. The lowest BCUT2D eigenvalue weighted by Crippen LogP contribution is -2.34. The van der Waals surface area contributed by atoms with Crippen molar-refractivity contribution in [2.75, 3.05) is 6.54 Å². The molecule has 0 aliphatic carbocycles. The van der Waals surface area contributed by atoms with Gasteiger partial charge in [0, 0.05) is 12.6 Å². The second-order valence-corrected chi connectivity index (χ2v) is 5.78. The molecule has 0 rings (SSSR count). The smallest absolute Gasteiger partial charge is 0.244 e. The van der Waals surface area contributed by atoms with Gasteiger partial charge in [-0.25, -0.2) is 0 Å². The summed E-state index contributed by atoms with van der Waals surface area (Å²) in [5.74, 6) is 0.0859. The number of nitrogens with one attached hydrogen (secondary N) is 1. The fraction of sp³-hybridized carbons (Fsp3) is 0.786. The molecule has 0 aliphatic rings. The third-order valence-corrected chi connectivity index (χ3v) is 3.32. The minimum Gasteiger partial charge on any atom is -0.391 e. The van der Waals surface area contributed by atoms with E-state index in [0.717, 1.165) is 12.0 Å². The first-order valence-electron chi connectivity index (χ1n) is 6.33. The Balaban J connectivity index is 4.21. The molecule has 0 fully saturated rings. The van der Waals surface area contributed by atoms with Gasteiger partial charge < -0.3 is 10.4 Å². The van der Waals surface area contributed by atoms with Crippen LogP contribution in [0.4, 0.5) is 0 Å². The van der Waals surface area contributed by atoms with Gasteiger partial charge in [0.1, 0.15) is 0 Å². The molecule has 2 N–H and O–H groups in total. The summed E-state index contributed by atoms with van der Waals surface area (Å²) in [5.41, 5.74) is 1.04. The highest BCUT2D eigenvalue weighted by Crippen LogP contribution is 2.23. The van der Waals surface area contributed by atoms with E-state index in [1.54, 1.807) is 6.08 Å². The summed E-state index contributed by atoms with van der Waals surface area (Å²) in [6.45, 7) is 12.5. The molecule has 0 aromatic carbocycles. The Morgan fingerprint density at radius 1 is 1.41 bits per heavy atom. The topological polar surface area (TPSA) is 49.3 Å². The number of rotatable bonds is 5. The molecule has 2 atom stereocenters. The summed E-state index contributed by atoms with van der Waals surface area (Å²) in [4.78, 5) is 11.6. The normalized spacial score (nSPS) is 16.5. The van der Waals surface area contributed by atoms with Crippen LogP contribution in [0.15, 0.2) is 11.6 Å². The zero-order chi connectivity index (χ0) is 13.6. The predicted octanol–water partition coefficient (Wildman–Crippen LogP) is 2.50. The highest BCUT2D eigenvalue weighted by molar-refractivity contribution is 5.88. The zero-order valence-corrected chi connectivity index (χ0v) is 12.0. The maximum atomic E-state index is 11.6. The highest BCUT2D eigenvalue weighted by atomic mass is 16.3. The standard InChI is InChI=1S/C14H27NO2/c1-7-10(2)12(16)9-15-13(17)8-11(3)14(4,5)6/h8,10,12,16H,7,9H2,1-6H3,(H,15,17)/b11-8-. The van der Waals surface area contributed by atoms with Crippen molar-refractivity contribution in [2.45, 2.75) is 54.1 Å². The van der Waals surface area contributed by atoms with Gasteiger partial charge in [-0.15, -0.1) is 0 Å². The Labute approximate surface area is 105 Å². The van der Waals surface area contributed by atoms with Crippen LogP contribution < -0.4 is 5.32 Å². The van der Waals surface area contributed by atoms with Crippen LogP contribution in [0.2, 0.25) is 0 Å². The number of carbonyl (C=O) groups excluding carboxylic acids is 1. The van der Waals surface area contributed by atoms with E-state index in [4.69, 9.17) is 0 Å². The second kappa shape index (κ2) is 6.80. The van der Waals surface area contributed by atoms with E-state index in [2.05, 4.69) is 26.1 Å². The van der Waals surface area contributed by atoms with Crippen LogP contribution in [0.5, 0.6) is 0 Å². The Morgan fingerprint density at radius 3 is 2.35 bits per heavy atom. The van der Waals surface area contributed by atoms with Gasteiger partial charge in [-0.2, -0.15) is 0 Å². The van der Waals surface area contributed by atoms with Crippen LogP contribution >= 0.6 is 0 Å². The average molecular weight is 241 g/mol. The second-order valence-electron chi connectivity index (χ2n) is 5.78. The third kappa shape index (κ3) is 6.47. The molecule has 0 aliphatic heterocycles. The number of amides is 1. The van der Waals surface area contributed by atoms with E-state index in [0.29, 0.717) is 6.54 Å². The quantitative estimate of drug-likeness (QED) is 0.727. The summed E-state index contributed by atoms with van der Waals surface area (Å²) < 4.78 is 0. The van der Waals surface area contributed by atoms with Crippen molar-refractivity contribution in [1.82, 2.24) is 5.32 Å². The SMILES string of the molecule is CCC(C)C(O)CNC(=O)/C=C(/C)C(C)(C)C. The first-order chi connectivity index (χ1) is 7.68. The lowest BCUT2D eigenvalue weighted by atomic mass is 9.87. The molecule has 2 unspecified atom stereocenters. The summed E-state index contributed by atoms with van der Waals surface area (Å²) in [6, 6.07) is 0. The molecule has 0 spiro atoms. The van der Waals surface area contributed by atoms with Crippen LogP contribution in [-0.2, 0) is 4.79 Å². The van der Waals surface area contributed by atoms with E-state index in [1.165, 1.54) is 0 Å². The molecule has 0 saturated heterocycles.